The van der Waals surface area contributed by atoms with Crippen molar-refractivity contribution in [1.82, 2.24) is 9.88 Å². The topological polar surface area (TPSA) is 70.2 Å². The van der Waals surface area contributed by atoms with Crippen molar-refractivity contribution in [2.24, 2.45) is 0 Å². The lowest BCUT2D eigenvalue weighted by Crippen LogP contribution is -2.41. The zero-order valence-corrected chi connectivity index (χ0v) is 16.0. The molecule has 1 amide bonds. The predicted molar refractivity (Wildman–Crippen MR) is 99.0 cm³/mol. The van der Waals surface area contributed by atoms with Crippen molar-refractivity contribution in [1.29, 1.82) is 0 Å². The molecule has 1 fully saturated rings. The van der Waals surface area contributed by atoms with E-state index in [1.807, 2.05) is 24.3 Å². The quantitative estimate of drug-likeness (QED) is 0.817. The van der Waals surface area contributed by atoms with E-state index in [-0.39, 0.29) is 23.5 Å². The summed E-state index contributed by atoms with van der Waals surface area (Å²) in [6.07, 6.45) is 2.36. The predicted octanol–water partition coefficient (Wildman–Crippen LogP) is 3.36. The molecule has 0 aliphatic carbocycles. The number of hydrogen-bond acceptors (Lipinski definition) is 3. The van der Waals surface area contributed by atoms with Crippen molar-refractivity contribution < 1.29 is 13.2 Å². The van der Waals surface area contributed by atoms with E-state index >= 15 is 0 Å². The molecule has 5 nitrogen and oxygen atoms in total. The lowest BCUT2D eigenvalue weighted by molar-refractivity contribution is 0.0689. The average Bonchev–Trinajstić information content (AvgIpc) is 3.10. The summed E-state index contributed by atoms with van der Waals surface area (Å²) in [4.78, 5) is 17.9. The third kappa shape index (κ3) is 3.67. The number of carbonyl (C=O) groups excluding carboxylic acids is 1. The van der Waals surface area contributed by atoms with E-state index in [1.54, 1.807) is 4.90 Å². The second-order valence-electron chi connectivity index (χ2n) is 6.32. The first-order valence-electron chi connectivity index (χ1n) is 8.19. The van der Waals surface area contributed by atoms with Crippen molar-refractivity contribution in [3.8, 4) is 0 Å². The van der Waals surface area contributed by atoms with Crippen LogP contribution in [0, 0.1) is 0 Å². The Kier molecular flexibility index (Phi) is 5.01. The van der Waals surface area contributed by atoms with E-state index in [0.717, 1.165) is 28.2 Å². The number of aromatic amines is 1. The Bertz CT molecular complexity index is 860. The maximum Gasteiger partial charge on any atom is 0.270 e. The van der Waals surface area contributed by atoms with Gasteiger partial charge in [-0.1, -0.05) is 35.3 Å². The van der Waals surface area contributed by atoms with Gasteiger partial charge in [0.2, 0.25) is 0 Å². The van der Waals surface area contributed by atoms with Crippen LogP contribution >= 0.6 is 15.9 Å². The summed E-state index contributed by atoms with van der Waals surface area (Å²) in [6, 6.07) is 7.44. The number of amides is 1. The van der Waals surface area contributed by atoms with Crippen LogP contribution in [0.3, 0.4) is 0 Å². The Balaban J connectivity index is 1.89. The van der Waals surface area contributed by atoms with Crippen LogP contribution < -0.4 is 0 Å². The van der Waals surface area contributed by atoms with E-state index < -0.39 is 9.84 Å². The van der Waals surface area contributed by atoms with E-state index in [9.17, 15) is 13.2 Å². The molecule has 0 bridgehead atoms. The minimum absolute atomic E-state index is 0.0776. The van der Waals surface area contributed by atoms with Crippen LogP contribution in [-0.4, -0.2) is 48.3 Å². The molecule has 2 aromatic rings. The normalized spacial score (nSPS) is 19.7. The number of sulfone groups is 1. The molecule has 0 spiro atoms. The molecule has 1 aromatic heterocycles. The molecule has 1 unspecified atom stereocenters. The fraction of sp³-hybridized carbons (Fsp3) is 0.471. The van der Waals surface area contributed by atoms with Crippen LogP contribution in [0.15, 0.2) is 28.7 Å². The zero-order valence-electron chi connectivity index (χ0n) is 13.6. The van der Waals surface area contributed by atoms with Crippen molar-refractivity contribution in [3.05, 3.63) is 34.4 Å². The van der Waals surface area contributed by atoms with Crippen LogP contribution in [0.25, 0.3) is 10.9 Å². The monoisotopic (exact) mass is 412 g/mol. The van der Waals surface area contributed by atoms with Crippen LogP contribution in [0.4, 0.5) is 0 Å². The molecule has 0 saturated carbocycles. The maximum atomic E-state index is 13.0. The van der Waals surface area contributed by atoms with Crippen LogP contribution in [-0.2, 0) is 9.84 Å². The Morgan fingerprint density at radius 2 is 2.17 bits per heavy atom. The first kappa shape index (κ1) is 17.5. The van der Waals surface area contributed by atoms with Crippen molar-refractivity contribution >= 4 is 42.6 Å². The van der Waals surface area contributed by atoms with Crippen LogP contribution in [0.5, 0.6) is 0 Å². The Hall–Kier alpha value is -1.34. The highest BCUT2D eigenvalue weighted by Crippen LogP contribution is 2.24. The number of unbranched alkanes of at least 4 members (excludes halogenated alkanes) is 1. The molecule has 130 valence electrons. The average molecular weight is 413 g/mol. The Labute approximate surface area is 150 Å². The minimum Gasteiger partial charge on any atom is -0.350 e. The van der Waals surface area contributed by atoms with Crippen molar-refractivity contribution in [3.63, 3.8) is 0 Å². The highest BCUT2D eigenvalue weighted by molar-refractivity contribution is 9.10. The summed E-state index contributed by atoms with van der Waals surface area (Å²) in [6.45, 7) is 2.66. The third-order valence-corrected chi connectivity index (χ3v) is 6.72. The number of carbonyl (C=O) groups is 1. The highest BCUT2D eigenvalue weighted by atomic mass is 79.9. The lowest BCUT2D eigenvalue weighted by atomic mass is 10.1. The van der Waals surface area contributed by atoms with Gasteiger partial charge in [-0.15, -0.1) is 0 Å². The number of fused-ring (bicyclic) bond motifs is 1. The molecule has 1 saturated heterocycles. The van der Waals surface area contributed by atoms with E-state index in [1.165, 1.54) is 0 Å². The van der Waals surface area contributed by atoms with Gasteiger partial charge in [0, 0.05) is 28.0 Å². The number of nitrogens with zero attached hydrogens (tertiary/aromatic N) is 1. The Morgan fingerprint density at radius 1 is 1.38 bits per heavy atom. The molecule has 24 heavy (non-hydrogen) atoms. The summed E-state index contributed by atoms with van der Waals surface area (Å²) in [7, 11) is -3.02. The molecule has 1 aliphatic heterocycles. The molecule has 7 heteroatoms. The summed E-state index contributed by atoms with van der Waals surface area (Å²) in [5, 5.41) is 0.969. The van der Waals surface area contributed by atoms with Gasteiger partial charge in [0.15, 0.2) is 9.84 Å². The lowest BCUT2D eigenvalue weighted by Gasteiger charge is -2.27. The fourth-order valence-corrected chi connectivity index (χ4v) is 5.26. The molecular weight excluding hydrogens is 392 g/mol. The number of H-pyrrole nitrogens is 1. The molecule has 1 N–H and O–H groups in total. The fourth-order valence-electron chi connectivity index (χ4n) is 3.17. The molecule has 1 atom stereocenters. The second-order valence-corrected chi connectivity index (χ2v) is 9.47. The van der Waals surface area contributed by atoms with Gasteiger partial charge in [0.25, 0.3) is 5.91 Å². The number of nitrogens with one attached hydrogen (secondary N) is 1. The summed E-state index contributed by atoms with van der Waals surface area (Å²) in [5.74, 6) is 0.138. The number of aromatic nitrogens is 1. The van der Waals surface area contributed by atoms with Gasteiger partial charge >= 0.3 is 0 Å². The minimum atomic E-state index is -3.02. The van der Waals surface area contributed by atoms with Crippen molar-refractivity contribution in [2.45, 2.75) is 32.2 Å². The smallest absolute Gasteiger partial charge is 0.270 e. The van der Waals surface area contributed by atoms with Gasteiger partial charge in [0.05, 0.1) is 11.5 Å². The van der Waals surface area contributed by atoms with Gasteiger partial charge in [-0.2, -0.15) is 0 Å². The molecule has 1 aliphatic rings. The molecule has 2 heterocycles. The van der Waals surface area contributed by atoms with Gasteiger partial charge < -0.3 is 9.88 Å². The molecule has 3 rings (SSSR count). The molecule has 0 radical (unpaired) electrons. The summed E-state index contributed by atoms with van der Waals surface area (Å²) >= 11 is 3.43. The largest absolute Gasteiger partial charge is 0.350 e. The molecular formula is C17H21BrN2O3S. The zero-order chi connectivity index (χ0) is 17.3. The maximum absolute atomic E-state index is 13.0. The first-order chi connectivity index (χ1) is 11.4. The number of hydrogen-bond donors (Lipinski definition) is 1. The van der Waals surface area contributed by atoms with E-state index in [2.05, 4.69) is 27.8 Å². The van der Waals surface area contributed by atoms with Gasteiger partial charge in [-0.05, 0) is 31.0 Å². The number of rotatable bonds is 5. The Morgan fingerprint density at radius 3 is 2.83 bits per heavy atom. The van der Waals surface area contributed by atoms with Gasteiger partial charge in [-0.3, -0.25) is 4.79 Å². The SMILES string of the molecule is CCCCN(C(=O)c1cc2ccc(Br)cc2[nH]1)C1CCS(=O)(=O)C1. The first-order valence-corrected chi connectivity index (χ1v) is 10.8. The standard InChI is InChI=1S/C17H21BrN2O3S/c1-2-3-7-20(14-6-8-24(22,23)11-14)17(21)16-9-12-4-5-13(18)10-15(12)19-16/h4-5,9-10,14,19H,2-3,6-8,11H2,1H3. The van der Waals surface area contributed by atoms with E-state index in [4.69, 9.17) is 0 Å². The van der Waals surface area contributed by atoms with Gasteiger partial charge in [-0.25, -0.2) is 8.42 Å². The number of benzene rings is 1. The number of halogens is 1. The van der Waals surface area contributed by atoms with E-state index in [0.29, 0.717) is 18.7 Å². The van der Waals surface area contributed by atoms with Crippen LogP contribution in [0.1, 0.15) is 36.7 Å². The summed E-state index contributed by atoms with van der Waals surface area (Å²) < 4.78 is 24.6. The van der Waals surface area contributed by atoms with Crippen molar-refractivity contribution in [2.75, 3.05) is 18.1 Å². The molecule has 1 aromatic carbocycles. The summed E-state index contributed by atoms with van der Waals surface area (Å²) in [5.41, 5.74) is 1.41. The van der Waals surface area contributed by atoms with Crippen LogP contribution in [0.2, 0.25) is 0 Å². The van der Waals surface area contributed by atoms with Gasteiger partial charge in [0.1, 0.15) is 5.69 Å². The second kappa shape index (κ2) is 6.88. The third-order valence-electron chi connectivity index (χ3n) is 4.48. The highest BCUT2D eigenvalue weighted by Gasteiger charge is 2.35.